The van der Waals surface area contributed by atoms with Gasteiger partial charge >= 0.3 is 0 Å². The molecule has 0 atom stereocenters. The van der Waals surface area contributed by atoms with Crippen LogP contribution in [0.4, 0.5) is 20.4 Å². The van der Waals surface area contributed by atoms with Crippen molar-refractivity contribution in [2.45, 2.75) is 13.8 Å². The predicted molar refractivity (Wildman–Crippen MR) is 114 cm³/mol. The third kappa shape index (κ3) is 5.10. The number of allylic oxidation sites excluding steroid dienone is 2. The van der Waals surface area contributed by atoms with Crippen LogP contribution >= 0.6 is 0 Å². The summed E-state index contributed by atoms with van der Waals surface area (Å²) in [6.07, 6.45) is 3.18. The number of hydrogen-bond donors (Lipinski definition) is 2. The number of halogens is 2. The fourth-order valence-electron chi connectivity index (χ4n) is 2.66. The monoisotopic (exact) mass is 426 g/mol. The van der Waals surface area contributed by atoms with Crippen molar-refractivity contribution in [3.8, 4) is 5.88 Å². The predicted octanol–water partition coefficient (Wildman–Crippen LogP) is 3.95. The number of aliphatic imine (C=N–C) groups is 1. The molecule has 3 rings (SSSR count). The summed E-state index contributed by atoms with van der Waals surface area (Å²) in [6, 6.07) is 6.54. The number of nitrogens with one attached hydrogen (secondary N) is 2. The molecular weight excluding hydrogens is 406 g/mol. The molecule has 2 aromatic heterocycles. The van der Waals surface area contributed by atoms with Crippen molar-refractivity contribution in [2.24, 2.45) is 12.0 Å². The van der Waals surface area contributed by atoms with E-state index in [0.717, 1.165) is 12.1 Å². The van der Waals surface area contributed by atoms with Gasteiger partial charge in [-0.25, -0.2) is 18.8 Å². The zero-order chi connectivity index (χ0) is 22.5. The molecule has 31 heavy (non-hydrogen) atoms. The highest BCUT2D eigenvalue weighted by molar-refractivity contribution is 5.77. The Morgan fingerprint density at radius 1 is 1.26 bits per heavy atom. The Labute approximate surface area is 177 Å². The standard InChI is InChI=1S/C21H20F2N6O2/c1-5-14(11-18(24-3)25-12(2)30)31-19-9-8-17-20(28-19)29(4)21(27-17)26-16-7-6-13(22)10-15(16)23/h5-11H,3H2,1-2,4H3,(H,25,30)(H,26,27)/b14-5+,18-11+. The molecule has 0 aliphatic heterocycles. The van der Waals surface area contributed by atoms with Gasteiger partial charge in [0.2, 0.25) is 17.7 Å². The molecule has 10 heteroatoms. The number of fused-ring (bicyclic) bond motifs is 1. The second kappa shape index (κ2) is 9.16. The van der Waals surface area contributed by atoms with Crippen molar-refractivity contribution < 1.29 is 18.3 Å². The maximum absolute atomic E-state index is 14.0. The highest BCUT2D eigenvalue weighted by atomic mass is 19.1. The number of benzene rings is 1. The van der Waals surface area contributed by atoms with E-state index in [-0.39, 0.29) is 23.3 Å². The van der Waals surface area contributed by atoms with Crippen LogP contribution in [0.15, 0.2) is 59.1 Å². The maximum atomic E-state index is 14.0. The summed E-state index contributed by atoms with van der Waals surface area (Å²) >= 11 is 0. The van der Waals surface area contributed by atoms with Gasteiger partial charge in [-0.1, -0.05) is 0 Å². The zero-order valence-corrected chi connectivity index (χ0v) is 17.1. The number of carbonyl (C=O) groups is 1. The van der Waals surface area contributed by atoms with Gasteiger partial charge < -0.3 is 15.4 Å². The summed E-state index contributed by atoms with van der Waals surface area (Å²) < 4.78 is 34.5. The summed E-state index contributed by atoms with van der Waals surface area (Å²) in [5.41, 5.74) is 1.11. The van der Waals surface area contributed by atoms with Crippen molar-refractivity contribution >= 4 is 35.4 Å². The number of ether oxygens (including phenoxy) is 1. The lowest BCUT2D eigenvalue weighted by atomic mass is 10.3. The number of anilines is 2. The molecule has 0 radical (unpaired) electrons. The van der Waals surface area contributed by atoms with E-state index in [2.05, 4.69) is 32.3 Å². The molecule has 0 spiro atoms. The van der Waals surface area contributed by atoms with Gasteiger partial charge in [0.25, 0.3) is 0 Å². The normalized spacial score (nSPS) is 12.0. The molecule has 0 aliphatic carbocycles. The molecule has 0 saturated carbocycles. The summed E-state index contributed by atoms with van der Waals surface area (Å²) in [5, 5.41) is 5.36. The van der Waals surface area contributed by atoms with Crippen LogP contribution in [0, 0.1) is 11.6 Å². The van der Waals surface area contributed by atoms with Gasteiger partial charge in [0.15, 0.2) is 5.65 Å². The molecule has 3 aromatic rings. The van der Waals surface area contributed by atoms with Crippen LogP contribution in [0.25, 0.3) is 11.2 Å². The number of imidazole rings is 1. The molecule has 0 aliphatic rings. The van der Waals surface area contributed by atoms with Crippen LogP contribution in [0.1, 0.15) is 13.8 Å². The lowest BCUT2D eigenvalue weighted by Gasteiger charge is -2.08. The van der Waals surface area contributed by atoms with Crippen LogP contribution in [0.5, 0.6) is 5.88 Å². The average molecular weight is 426 g/mol. The fraction of sp³-hybridized carbons (Fsp3) is 0.143. The van der Waals surface area contributed by atoms with Crippen molar-refractivity contribution in [2.75, 3.05) is 5.32 Å². The van der Waals surface area contributed by atoms with Crippen molar-refractivity contribution in [1.29, 1.82) is 0 Å². The van der Waals surface area contributed by atoms with Crippen molar-refractivity contribution in [3.63, 3.8) is 0 Å². The Bertz CT molecular complexity index is 1220. The fourth-order valence-corrected chi connectivity index (χ4v) is 2.66. The lowest BCUT2D eigenvalue weighted by Crippen LogP contribution is -2.18. The average Bonchev–Trinajstić information content (AvgIpc) is 3.03. The van der Waals surface area contributed by atoms with Gasteiger partial charge in [-0.15, -0.1) is 0 Å². The van der Waals surface area contributed by atoms with E-state index >= 15 is 0 Å². The Kier molecular flexibility index (Phi) is 6.39. The van der Waals surface area contributed by atoms with Gasteiger partial charge in [0, 0.05) is 32.2 Å². The number of nitrogens with zero attached hydrogens (tertiary/aromatic N) is 4. The van der Waals surface area contributed by atoms with Crippen LogP contribution < -0.4 is 15.4 Å². The molecule has 2 N–H and O–H groups in total. The van der Waals surface area contributed by atoms with Crippen LogP contribution in [0.3, 0.4) is 0 Å². The molecule has 160 valence electrons. The quantitative estimate of drug-likeness (QED) is 0.339. The maximum Gasteiger partial charge on any atom is 0.222 e. The molecule has 0 bridgehead atoms. The summed E-state index contributed by atoms with van der Waals surface area (Å²) in [4.78, 5) is 23.8. The summed E-state index contributed by atoms with van der Waals surface area (Å²) in [6.45, 7) is 6.52. The van der Waals surface area contributed by atoms with E-state index in [0.29, 0.717) is 22.9 Å². The number of aromatic nitrogens is 3. The number of pyridine rings is 1. The van der Waals surface area contributed by atoms with E-state index in [1.807, 2.05) is 0 Å². The molecular formula is C21H20F2N6O2. The van der Waals surface area contributed by atoms with Crippen LogP contribution in [-0.2, 0) is 11.8 Å². The first kappa shape index (κ1) is 21.6. The van der Waals surface area contributed by atoms with Crippen molar-refractivity contribution in [3.05, 3.63) is 65.7 Å². The Hall–Kier alpha value is -4.08. The molecule has 0 fully saturated rings. The van der Waals surface area contributed by atoms with Crippen molar-refractivity contribution in [1.82, 2.24) is 19.9 Å². The minimum Gasteiger partial charge on any atom is -0.439 e. The van der Waals surface area contributed by atoms with Gasteiger partial charge in [0.1, 0.15) is 28.7 Å². The minimum absolute atomic E-state index is 0.0834. The first-order chi connectivity index (χ1) is 14.8. The summed E-state index contributed by atoms with van der Waals surface area (Å²) in [7, 11) is 1.70. The first-order valence-electron chi connectivity index (χ1n) is 9.16. The van der Waals surface area contributed by atoms with E-state index in [1.165, 1.54) is 19.1 Å². The van der Waals surface area contributed by atoms with Gasteiger partial charge in [-0.05, 0) is 37.9 Å². The molecule has 1 aromatic carbocycles. The second-order valence-electron chi connectivity index (χ2n) is 6.40. The second-order valence-corrected chi connectivity index (χ2v) is 6.40. The van der Waals surface area contributed by atoms with E-state index in [9.17, 15) is 13.6 Å². The molecule has 8 nitrogen and oxygen atoms in total. The topological polar surface area (TPSA) is 93.4 Å². The third-order valence-electron chi connectivity index (χ3n) is 4.13. The Balaban J connectivity index is 1.87. The number of amides is 1. The molecule has 1 amide bonds. The summed E-state index contributed by atoms with van der Waals surface area (Å²) in [5.74, 6) is -0.489. The largest absolute Gasteiger partial charge is 0.439 e. The lowest BCUT2D eigenvalue weighted by molar-refractivity contribution is -0.118. The SMILES string of the molecule is C=N/C(=C\C(=C/C)Oc1ccc2nc(Nc3ccc(F)cc3F)n(C)c2n1)NC(C)=O. The Morgan fingerprint density at radius 3 is 2.68 bits per heavy atom. The number of carbonyl (C=O) groups excluding carboxylic acids is 1. The van der Waals surface area contributed by atoms with E-state index in [1.54, 1.807) is 36.7 Å². The third-order valence-corrected chi connectivity index (χ3v) is 4.13. The highest BCUT2D eigenvalue weighted by Gasteiger charge is 2.13. The Morgan fingerprint density at radius 2 is 2.03 bits per heavy atom. The number of aryl methyl sites for hydroxylation is 1. The zero-order valence-electron chi connectivity index (χ0n) is 17.1. The minimum atomic E-state index is -0.737. The van der Waals surface area contributed by atoms with Gasteiger partial charge in [-0.2, -0.15) is 4.98 Å². The molecule has 2 heterocycles. The first-order valence-corrected chi connectivity index (χ1v) is 9.16. The van der Waals surface area contributed by atoms with E-state index < -0.39 is 11.6 Å². The smallest absolute Gasteiger partial charge is 0.222 e. The molecule has 0 saturated heterocycles. The number of rotatable bonds is 7. The highest BCUT2D eigenvalue weighted by Crippen LogP contribution is 2.25. The van der Waals surface area contributed by atoms with Gasteiger partial charge in [0.05, 0.1) is 5.69 Å². The van der Waals surface area contributed by atoms with Crippen LogP contribution in [0.2, 0.25) is 0 Å². The van der Waals surface area contributed by atoms with Gasteiger partial charge in [-0.3, -0.25) is 9.36 Å². The molecule has 0 unspecified atom stereocenters. The number of hydrogen-bond acceptors (Lipinski definition) is 6. The van der Waals surface area contributed by atoms with Crippen LogP contribution in [-0.4, -0.2) is 27.2 Å². The van der Waals surface area contributed by atoms with E-state index in [4.69, 9.17) is 4.74 Å².